The maximum atomic E-state index is 14.5. The standard InChI is InChI=1S/C18H17F2N3/c1-4-10-18(19,20)15-11-12(2)21-17-16(15)13(3)22-23(17)14-8-6-5-7-9-14/h4-9,11H,1,10H2,2-3H3. The fraction of sp³-hybridized carbons (Fsp3) is 0.222. The second-order valence-electron chi connectivity index (χ2n) is 5.54. The van der Waals surface area contributed by atoms with Crippen molar-refractivity contribution >= 4 is 11.0 Å². The zero-order valence-electron chi connectivity index (χ0n) is 13.1. The van der Waals surface area contributed by atoms with E-state index in [-0.39, 0.29) is 5.56 Å². The predicted molar refractivity (Wildman–Crippen MR) is 87.0 cm³/mol. The van der Waals surface area contributed by atoms with E-state index in [0.29, 0.717) is 22.4 Å². The summed E-state index contributed by atoms with van der Waals surface area (Å²) in [6.07, 6.45) is 0.820. The van der Waals surface area contributed by atoms with Crippen LogP contribution >= 0.6 is 0 Å². The minimum atomic E-state index is -3.00. The first-order chi connectivity index (χ1) is 10.9. The predicted octanol–water partition coefficient (Wildman–Crippen LogP) is 4.71. The Labute approximate surface area is 133 Å². The van der Waals surface area contributed by atoms with Crippen LogP contribution in [-0.4, -0.2) is 14.8 Å². The third-order valence-corrected chi connectivity index (χ3v) is 3.74. The molecular weight excluding hydrogens is 296 g/mol. The lowest BCUT2D eigenvalue weighted by atomic mass is 10.0. The van der Waals surface area contributed by atoms with Gasteiger partial charge in [-0.05, 0) is 32.0 Å². The largest absolute Gasteiger partial charge is 0.277 e. The molecular formula is C18H17F2N3. The Hall–Kier alpha value is -2.56. The van der Waals surface area contributed by atoms with Gasteiger partial charge in [0.05, 0.1) is 16.8 Å². The molecule has 0 aliphatic heterocycles. The lowest BCUT2D eigenvalue weighted by Gasteiger charge is -2.16. The van der Waals surface area contributed by atoms with E-state index >= 15 is 0 Å². The molecule has 5 heteroatoms. The van der Waals surface area contributed by atoms with Gasteiger partial charge >= 0.3 is 0 Å². The zero-order valence-corrected chi connectivity index (χ0v) is 13.1. The van der Waals surface area contributed by atoms with Crippen LogP contribution in [0, 0.1) is 13.8 Å². The third kappa shape index (κ3) is 2.63. The van der Waals surface area contributed by atoms with Crippen molar-refractivity contribution in [2.75, 3.05) is 0 Å². The molecule has 0 saturated carbocycles. The number of fused-ring (bicyclic) bond motifs is 1. The minimum Gasteiger partial charge on any atom is -0.233 e. The average molecular weight is 313 g/mol. The highest BCUT2D eigenvalue weighted by Gasteiger charge is 2.34. The van der Waals surface area contributed by atoms with Gasteiger partial charge in [0.2, 0.25) is 0 Å². The first-order valence-corrected chi connectivity index (χ1v) is 7.35. The highest BCUT2D eigenvalue weighted by Crippen LogP contribution is 2.38. The summed E-state index contributed by atoms with van der Waals surface area (Å²) in [5, 5.41) is 4.84. The van der Waals surface area contributed by atoms with Gasteiger partial charge < -0.3 is 0 Å². The Morgan fingerprint density at radius 2 is 1.91 bits per heavy atom. The highest BCUT2D eigenvalue weighted by atomic mass is 19.3. The summed E-state index contributed by atoms with van der Waals surface area (Å²) in [5.41, 5.74) is 2.28. The van der Waals surface area contributed by atoms with Crippen LogP contribution < -0.4 is 0 Å². The SMILES string of the molecule is C=CCC(F)(F)c1cc(C)nc2c1c(C)nn2-c1ccccc1. The Morgan fingerprint density at radius 3 is 2.57 bits per heavy atom. The van der Waals surface area contributed by atoms with Gasteiger partial charge in [-0.1, -0.05) is 24.3 Å². The molecule has 0 spiro atoms. The molecule has 0 aliphatic rings. The lowest BCUT2D eigenvalue weighted by molar-refractivity contribution is 0.000582. The Balaban J connectivity index is 2.33. The molecule has 0 amide bonds. The van der Waals surface area contributed by atoms with Gasteiger partial charge in [0.1, 0.15) is 0 Å². The lowest BCUT2D eigenvalue weighted by Crippen LogP contribution is -2.13. The summed E-state index contributed by atoms with van der Waals surface area (Å²) in [4.78, 5) is 4.45. The number of benzene rings is 1. The van der Waals surface area contributed by atoms with Crippen LogP contribution in [0.1, 0.15) is 23.4 Å². The normalized spacial score (nSPS) is 11.8. The molecule has 23 heavy (non-hydrogen) atoms. The molecule has 0 saturated heterocycles. The van der Waals surface area contributed by atoms with Gasteiger partial charge in [-0.25, -0.2) is 18.4 Å². The number of hydrogen-bond acceptors (Lipinski definition) is 2. The zero-order chi connectivity index (χ0) is 16.6. The van der Waals surface area contributed by atoms with Crippen molar-refractivity contribution < 1.29 is 8.78 Å². The third-order valence-electron chi connectivity index (χ3n) is 3.74. The second kappa shape index (κ2) is 5.57. The van der Waals surface area contributed by atoms with E-state index < -0.39 is 12.3 Å². The summed E-state index contributed by atoms with van der Waals surface area (Å²) in [6.45, 7) is 6.87. The number of pyridine rings is 1. The molecule has 0 bridgehead atoms. The number of halogens is 2. The molecule has 2 aromatic heterocycles. The fourth-order valence-corrected chi connectivity index (χ4v) is 2.74. The molecule has 0 radical (unpaired) electrons. The van der Waals surface area contributed by atoms with E-state index in [9.17, 15) is 8.78 Å². The number of aryl methyl sites for hydroxylation is 2. The van der Waals surface area contributed by atoms with Gasteiger partial charge in [-0.2, -0.15) is 5.10 Å². The van der Waals surface area contributed by atoms with E-state index in [0.717, 1.165) is 5.69 Å². The summed E-state index contributed by atoms with van der Waals surface area (Å²) in [7, 11) is 0. The van der Waals surface area contributed by atoms with Gasteiger partial charge in [0.25, 0.3) is 5.92 Å². The first kappa shape index (κ1) is 15.3. The topological polar surface area (TPSA) is 30.7 Å². The van der Waals surface area contributed by atoms with E-state index in [1.807, 2.05) is 30.3 Å². The van der Waals surface area contributed by atoms with E-state index in [2.05, 4.69) is 16.7 Å². The van der Waals surface area contributed by atoms with Crippen molar-refractivity contribution in [3.63, 3.8) is 0 Å². The summed E-state index contributed by atoms with van der Waals surface area (Å²) >= 11 is 0. The monoisotopic (exact) mass is 313 g/mol. The minimum absolute atomic E-state index is 0.0421. The number of allylic oxidation sites excluding steroid dienone is 1. The number of alkyl halides is 2. The quantitative estimate of drug-likeness (QED) is 0.653. The van der Waals surface area contributed by atoms with Gasteiger partial charge in [-0.15, -0.1) is 6.58 Å². The van der Waals surface area contributed by atoms with Crippen LogP contribution in [0.2, 0.25) is 0 Å². The number of rotatable bonds is 4. The molecule has 3 rings (SSSR count). The van der Waals surface area contributed by atoms with Crippen LogP contribution in [0.4, 0.5) is 8.78 Å². The fourth-order valence-electron chi connectivity index (χ4n) is 2.74. The van der Waals surface area contributed by atoms with Crippen LogP contribution in [0.3, 0.4) is 0 Å². The highest BCUT2D eigenvalue weighted by molar-refractivity contribution is 5.84. The molecule has 0 fully saturated rings. The number of hydrogen-bond donors (Lipinski definition) is 0. The molecule has 0 atom stereocenters. The van der Waals surface area contributed by atoms with Crippen LogP contribution in [0.15, 0.2) is 49.1 Å². The summed E-state index contributed by atoms with van der Waals surface area (Å²) in [6, 6.07) is 10.8. The van der Waals surface area contributed by atoms with Crippen molar-refractivity contribution in [3.05, 3.63) is 66.0 Å². The van der Waals surface area contributed by atoms with Crippen LogP contribution in [-0.2, 0) is 5.92 Å². The maximum Gasteiger partial charge on any atom is 0.277 e. The van der Waals surface area contributed by atoms with Gasteiger partial charge in [0, 0.05) is 17.7 Å². The molecule has 118 valence electrons. The average Bonchev–Trinajstić information content (AvgIpc) is 2.84. The van der Waals surface area contributed by atoms with Crippen LogP contribution in [0.5, 0.6) is 0 Å². The van der Waals surface area contributed by atoms with E-state index in [4.69, 9.17) is 0 Å². The van der Waals surface area contributed by atoms with Crippen molar-refractivity contribution in [2.45, 2.75) is 26.2 Å². The molecule has 0 N–H and O–H groups in total. The van der Waals surface area contributed by atoms with Crippen molar-refractivity contribution in [2.24, 2.45) is 0 Å². The van der Waals surface area contributed by atoms with E-state index in [1.165, 1.54) is 12.1 Å². The molecule has 0 aliphatic carbocycles. The Morgan fingerprint density at radius 1 is 1.22 bits per heavy atom. The molecule has 3 nitrogen and oxygen atoms in total. The molecule has 1 aromatic carbocycles. The Bertz CT molecular complexity index is 867. The van der Waals surface area contributed by atoms with E-state index in [1.54, 1.807) is 18.5 Å². The number of para-hydroxylation sites is 1. The smallest absolute Gasteiger partial charge is 0.233 e. The molecule has 0 unspecified atom stereocenters. The Kier molecular flexibility index (Phi) is 3.72. The van der Waals surface area contributed by atoms with Gasteiger partial charge in [-0.3, -0.25) is 0 Å². The first-order valence-electron chi connectivity index (χ1n) is 7.35. The van der Waals surface area contributed by atoms with Crippen LogP contribution in [0.25, 0.3) is 16.7 Å². The second-order valence-corrected chi connectivity index (χ2v) is 5.54. The summed E-state index contributed by atoms with van der Waals surface area (Å²) in [5.74, 6) is -3.00. The number of aromatic nitrogens is 3. The van der Waals surface area contributed by atoms with Crippen molar-refractivity contribution in [1.29, 1.82) is 0 Å². The van der Waals surface area contributed by atoms with Crippen molar-refractivity contribution in [3.8, 4) is 5.69 Å². The number of nitrogens with zero attached hydrogens (tertiary/aromatic N) is 3. The van der Waals surface area contributed by atoms with Crippen molar-refractivity contribution in [1.82, 2.24) is 14.8 Å². The summed E-state index contributed by atoms with van der Waals surface area (Å²) < 4.78 is 30.7. The maximum absolute atomic E-state index is 14.5. The van der Waals surface area contributed by atoms with Gasteiger partial charge in [0.15, 0.2) is 5.65 Å². The molecule has 2 heterocycles. The molecule has 3 aromatic rings.